The molecular weight excluding hydrogens is 476 g/mol. The number of aliphatic hydroxyl groups excluding tert-OH is 2. The van der Waals surface area contributed by atoms with Gasteiger partial charge in [-0.15, -0.1) is 0 Å². The van der Waals surface area contributed by atoms with E-state index in [0.29, 0.717) is 53.4 Å². The number of hydrogen-bond donors (Lipinski definition) is 3. The monoisotopic (exact) mass is 504 g/mol. The Kier molecular flexibility index (Phi) is 6.74. The molecule has 1 amide bonds. The molecule has 1 aliphatic rings. The SMILES string of the molecule is COc1cnc(-n2ccc(CO)n2)c2[nH]cc(C(=O)C(O)N3CCN(C(=O)c4ccccc4)[C@H](C)C3)c12. The van der Waals surface area contributed by atoms with Crippen LogP contribution in [0.15, 0.2) is 55.0 Å². The number of aliphatic hydroxyl groups is 2. The highest BCUT2D eigenvalue weighted by Crippen LogP contribution is 2.32. The number of H-pyrrole nitrogens is 1. The third-order valence-corrected chi connectivity index (χ3v) is 6.68. The van der Waals surface area contributed by atoms with E-state index >= 15 is 0 Å². The van der Waals surface area contributed by atoms with Crippen LogP contribution in [0.1, 0.15) is 33.3 Å². The Bertz CT molecular complexity index is 1430. The zero-order valence-corrected chi connectivity index (χ0v) is 20.5. The topological polar surface area (TPSA) is 137 Å². The van der Waals surface area contributed by atoms with Gasteiger partial charge in [-0.05, 0) is 25.1 Å². The first-order valence-corrected chi connectivity index (χ1v) is 11.9. The van der Waals surface area contributed by atoms with Crippen LogP contribution >= 0.6 is 0 Å². The number of fused-ring (bicyclic) bond motifs is 1. The number of carbonyl (C=O) groups is 2. The van der Waals surface area contributed by atoms with Gasteiger partial charge < -0.3 is 24.8 Å². The van der Waals surface area contributed by atoms with Gasteiger partial charge in [0.1, 0.15) is 5.75 Å². The molecule has 4 aromatic rings. The summed E-state index contributed by atoms with van der Waals surface area (Å²) in [7, 11) is 1.48. The van der Waals surface area contributed by atoms with Gasteiger partial charge in [-0.1, -0.05) is 18.2 Å². The van der Waals surface area contributed by atoms with E-state index in [9.17, 15) is 19.8 Å². The first kappa shape index (κ1) is 24.6. The van der Waals surface area contributed by atoms with Crippen molar-refractivity contribution in [3.8, 4) is 11.6 Å². The highest BCUT2D eigenvalue weighted by molar-refractivity contribution is 6.12. The number of Topliss-reactive ketones (excluding diaryl/α,β-unsaturated/α-hetero) is 1. The molecule has 3 aromatic heterocycles. The van der Waals surface area contributed by atoms with Crippen LogP contribution in [0.5, 0.6) is 5.75 Å². The first-order valence-electron chi connectivity index (χ1n) is 11.9. The number of rotatable bonds is 7. The number of ether oxygens (including phenoxy) is 1. The summed E-state index contributed by atoms with van der Waals surface area (Å²) in [6.07, 6.45) is 3.28. The number of aromatic nitrogens is 4. The van der Waals surface area contributed by atoms with Gasteiger partial charge in [0.25, 0.3) is 5.91 Å². The highest BCUT2D eigenvalue weighted by Gasteiger charge is 2.35. The van der Waals surface area contributed by atoms with Gasteiger partial charge in [-0.3, -0.25) is 14.5 Å². The third kappa shape index (κ3) is 4.48. The fourth-order valence-corrected chi connectivity index (χ4v) is 4.75. The Morgan fingerprint density at radius 2 is 2.00 bits per heavy atom. The summed E-state index contributed by atoms with van der Waals surface area (Å²) in [5.74, 6) is 0.230. The van der Waals surface area contributed by atoms with E-state index in [1.54, 1.807) is 34.2 Å². The number of nitrogens with one attached hydrogen (secondary N) is 1. The smallest absolute Gasteiger partial charge is 0.254 e. The Morgan fingerprint density at radius 3 is 2.68 bits per heavy atom. The predicted molar refractivity (Wildman–Crippen MR) is 135 cm³/mol. The van der Waals surface area contributed by atoms with Crippen molar-refractivity contribution < 1.29 is 24.5 Å². The number of amides is 1. The molecule has 1 unspecified atom stereocenters. The van der Waals surface area contributed by atoms with E-state index in [2.05, 4.69) is 15.1 Å². The molecular formula is C26H28N6O5. The maximum atomic E-state index is 13.5. The molecule has 0 spiro atoms. The summed E-state index contributed by atoms with van der Waals surface area (Å²) in [6, 6.07) is 10.5. The summed E-state index contributed by atoms with van der Waals surface area (Å²) < 4.78 is 6.97. The second-order valence-electron chi connectivity index (χ2n) is 8.96. The van der Waals surface area contributed by atoms with Gasteiger partial charge >= 0.3 is 0 Å². The lowest BCUT2D eigenvalue weighted by molar-refractivity contribution is -0.0224. The Hall–Kier alpha value is -4.06. The van der Waals surface area contributed by atoms with E-state index in [4.69, 9.17) is 4.74 Å². The molecule has 0 saturated carbocycles. The Balaban J connectivity index is 1.39. The van der Waals surface area contributed by atoms with Crippen LogP contribution in [0.3, 0.4) is 0 Å². The molecule has 1 aliphatic heterocycles. The number of piperazine rings is 1. The van der Waals surface area contributed by atoms with E-state index in [0.717, 1.165) is 0 Å². The minimum absolute atomic E-state index is 0.0714. The maximum Gasteiger partial charge on any atom is 0.254 e. The van der Waals surface area contributed by atoms with Crippen LogP contribution in [0, 0.1) is 0 Å². The molecule has 3 N–H and O–H groups in total. The molecule has 4 heterocycles. The zero-order valence-electron chi connectivity index (χ0n) is 20.5. The lowest BCUT2D eigenvalue weighted by atomic mass is 10.1. The summed E-state index contributed by atoms with van der Waals surface area (Å²) in [5.41, 5.74) is 1.85. The van der Waals surface area contributed by atoms with Crippen LogP contribution in [0.4, 0.5) is 0 Å². The molecule has 1 saturated heterocycles. The van der Waals surface area contributed by atoms with E-state index in [-0.39, 0.29) is 24.1 Å². The summed E-state index contributed by atoms with van der Waals surface area (Å²) in [5, 5.41) is 25.2. The third-order valence-electron chi connectivity index (χ3n) is 6.68. The van der Waals surface area contributed by atoms with Crippen LogP contribution in [0.25, 0.3) is 16.7 Å². The largest absolute Gasteiger partial charge is 0.494 e. The minimum Gasteiger partial charge on any atom is -0.494 e. The summed E-state index contributed by atoms with van der Waals surface area (Å²) >= 11 is 0. The van der Waals surface area contributed by atoms with Crippen LogP contribution < -0.4 is 4.74 Å². The van der Waals surface area contributed by atoms with Crippen molar-refractivity contribution in [2.45, 2.75) is 25.8 Å². The maximum absolute atomic E-state index is 13.5. The summed E-state index contributed by atoms with van der Waals surface area (Å²) in [4.78, 5) is 37.4. The fraction of sp³-hybridized carbons (Fsp3) is 0.308. The molecule has 0 aliphatic carbocycles. The number of hydrogen-bond acceptors (Lipinski definition) is 8. The van der Waals surface area contributed by atoms with Gasteiger partial charge in [0.05, 0.1) is 42.1 Å². The van der Waals surface area contributed by atoms with Crippen molar-refractivity contribution >= 4 is 22.6 Å². The van der Waals surface area contributed by atoms with Gasteiger partial charge in [0, 0.05) is 43.6 Å². The number of carbonyl (C=O) groups excluding carboxylic acids is 2. The van der Waals surface area contributed by atoms with Crippen LogP contribution in [0.2, 0.25) is 0 Å². The Morgan fingerprint density at radius 1 is 1.22 bits per heavy atom. The number of aromatic amines is 1. The van der Waals surface area contributed by atoms with Gasteiger partial charge in [-0.25, -0.2) is 9.67 Å². The van der Waals surface area contributed by atoms with Gasteiger partial charge in [0.15, 0.2) is 12.0 Å². The van der Waals surface area contributed by atoms with Gasteiger partial charge in [-0.2, -0.15) is 5.10 Å². The van der Waals surface area contributed by atoms with Crippen molar-refractivity contribution in [3.63, 3.8) is 0 Å². The quantitative estimate of drug-likeness (QED) is 0.323. The van der Waals surface area contributed by atoms with Gasteiger partial charge in [0.2, 0.25) is 5.78 Å². The van der Waals surface area contributed by atoms with Crippen LogP contribution in [-0.2, 0) is 6.61 Å². The zero-order chi connectivity index (χ0) is 26.1. The molecule has 5 rings (SSSR count). The molecule has 11 nitrogen and oxygen atoms in total. The molecule has 192 valence electrons. The molecule has 1 aromatic carbocycles. The number of pyridine rings is 1. The first-order chi connectivity index (χ1) is 17.9. The normalized spacial score (nSPS) is 17.2. The molecule has 11 heteroatoms. The van der Waals surface area contributed by atoms with Crippen molar-refractivity contribution in [2.75, 3.05) is 26.7 Å². The van der Waals surface area contributed by atoms with Crippen molar-refractivity contribution in [3.05, 3.63) is 71.8 Å². The molecule has 2 atom stereocenters. The average molecular weight is 505 g/mol. The lowest BCUT2D eigenvalue weighted by Gasteiger charge is -2.41. The van der Waals surface area contributed by atoms with E-state index in [1.807, 2.05) is 25.1 Å². The number of nitrogens with zero attached hydrogens (tertiary/aromatic N) is 5. The average Bonchev–Trinajstić information content (AvgIpc) is 3.60. The van der Waals surface area contributed by atoms with Crippen LogP contribution in [-0.4, -0.2) is 90.5 Å². The minimum atomic E-state index is -1.40. The lowest BCUT2D eigenvalue weighted by Crippen LogP contribution is -2.57. The van der Waals surface area contributed by atoms with Crippen molar-refractivity contribution in [1.29, 1.82) is 0 Å². The van der Waals surface area contributed by atoms with Crippen molar-refractivity contribution in [2.24, 2.45) is 0 Å². The Labute approximate surface area is 212 Å². The molecule has 1 fully saturated rings. The second kappa shape index (κ2) is 10.1. The standard InChI is InChI=1S/C26H28N6O5/c1-16-14-30(10-11-31(16)25(35)17-6-4-3-5-7-17)26(36)23(34)19-12-27-22-21(19)20(37-2)13-28-24(22)32-9-8-18(15-33)29-32/h3-9,12-13,16,26-27,33,36H,10-11,14-15H2,1-2H3/t16-,26?/m1/s1. The predicted octanol–water partition coefficient (Wildman–Crippen LogP) is 1.60. The van der Waals surface area contributed by atoms with E-state index in [1.165, 1.54) is 24.2 Å². The second-order valence-corrected chi connectivity index (χ2v) is 8.96. The highest BCUT2D eigenvalue weighted by atomic mass is 16.5. The number of methoxy groups -OCH3 is 1. The summed E-state index contributed by atoms with van der Waals surface area (Å²) in [6.45, 7) is 2.77. The molecule has 0 bridgehead atoms. The number of benzene rings is 1. The fourth-order valence-electron chi connectivity index (χ4n) is 4.75. The van der Waals surface area contributed by atoms with Crippen molar-refractivity contribution in [1.82, 2.24) is 29.5 Å². The molecule has 0 radical (unpaired) electrons. The number of ketones is 1. The van der Waals surface area contributed by atoms with E-state index < -0.39 is 12.0 Å². The molecule has 37 heavy (non-hydrogen) atoms.